The van der Waals surface area contributed by atoms with E-state index in [-0.39, 0.29) is 6.04 Å². The number of nitrogens with one attached hydrogen (secondary N) is 1. The zero-order valence-corrected chi connectivity index (χ0v) is 8.01. The van der Waals surface area contributed by atoms with Gasteiger partial charge in [-0.2, -0.15) is 5.10 Å². The van der Waals surface area contributed by atoms with Gasteiger partial charge in [0.05, 0.1) is 10.9 Å². The normalized spacial score (nSPS) is 13.1. The number of hydrogen-bond donors (Lipinski definition) is 2. The molecule has 0 radical (unpaired) electrons. The standard InChI is InChI=1S/C8H10N4S/c1-5(9)7-10-8(12-11-7)6-3-2-4-13-6/h2-5H,9H2,1H3,(H,10,11,12)/t5-/m1/s1. The third-order valence-corrected chi connectivity index (χ3v) is 2.54. The van der Waals surface area contributed by atoms with Crippen molar-refractivity contribution < 1.29 is 0 Å². The average Bonchev–Trinajstić information content (AvgIpc) is 2.75. The minimum absolute atomic E-state index is 0.0961. The van der Waals surface area contributed by atoms with Crippen molar-refractivity contribution in [1.29, 1.82) is 0 Å². The highest BCUT2D eigenvalue weighted by atomic mass is 32.1. The van der Waals surface area contributed by atoms with Crippen LogP contribution in [0.4, 0.5) is 0 Å². The van der Waals surface area contributed by atoms with E-state index in [1.54, 1.807) is 11.3 Å². The molecule has 0 spiro atoms. The summed E-state index contributed by atoms with van der Waals surface area (Å²) in [6.45, 7) is 1.87. The molecule has 0 aliphatic heterocycles. The zero-order valence-electron chi connectivity index (χ0n) is 7.19. The molecule has 68 valence electrons. The highest BCUT2D eigenvalue weighted by molar-refractivity contribution is 7.13. The molecule has 3 N–H and O–H groups in total. The molecular formula is C8H10N4S. The number of rotatable bonds is 2. The van der Waals surface area contributed by atoms with Gasteiger partial charge in [0.25, 0.3) is 0 Å². The van der Waals surface area contributed by atoms with Gasteiger partial charge < -0.3 is 5.73 Å². The summed E-state index contributed by atoms with van der Waals surface area (Å²) in [5, 5.41) is 8.89. The molecule has 5 heteroatoms. The van der Waals surface area contributed by atoms with Crippen LogP contribution in [0.3, 0.4) is 0 Å². The molecule has 0 unspecified atom stereocenters. The maximum atomic E-state index is 5.65. The van der Waals surface area contributed by atoms with Crippen molar-refractivity contribution in [2.24, 2.45) is 5.73 Å². The molecule has 0 saturated heterocycles. The van der Waals surface area contributed by atoms with Gasteiger partial charge in [0, 0.05) is 0 Å². The molecule has 2 heterocycles. The molecule has 0 bridgehead atoms. The van der Waals surface area contributed by atoms with Crippen molar-refractivity contribution in [3.8, 4) is 10.7 Å². The Morgan fingerprint density at radius 2 is 2.46 bits per heavy atom. The number of hydrogen-bond acceptors (Lipinski definition) is 4. The first-order valence-corrected chi connectivity index (χ1v) is 4.87. The Morgan fingerprint density at radius 1 is 1.62 bits per heavy atom. The second-order valence-corrected chi connectivity index (χ2v) is 3.76. The van der Waals surface area contributed by atoms with Gasteiger partial charge in [-0.3, -0.25) is 5.10 Å². The number of H-pyrrole nitrogens is 1. The van der Waals surface area contributed by atoms with E-state index in [9.17, 15) is 0 Å². The fourth-order valence-electron chi connectivity index (χ4n) is 0.994. The first-order chi connectivity index (χ1) is 6.27. The molecule has 1 atom stereocenters. The van der Waals surface area contributed by atoms with Crippen molar-refractivity contribution >= 4 is 11.3 Å². The minimum Gasteiger partial charge on any atom is -0.322 e. The van der Waals surface area contributed by atoms with Gasteiger partial charge in [-0.15, -0.1) is 11.3 Å². The molecule has 0 aliphatic rings. The van der Waals surface area contributed by atoms with E-state index >= 15 is 0 Å². The largest absolute Gasteiger partial charge is 0.322 e. The van der Waals surface area contributed by atoms with E-state index in [0.29, 0.717) is 0 Å². The summed E-state index contributed by atoms with van der Waals surface area (Å²) in [5.41, 5.74) is 5.65. The van der Waals surface area contributed by atoms with E-state index in [4.69, 9.17) is 5.73 Å². The van der Waals surface area contributed by atoms with Gasteiger partial charge in [0.2, 0.25) is 0 Å². The van der Waals surface area contributed by atoms with Crippen LogP contribution in [0.1, 0.15) is 18.8 Å². The van der Waals surface area contributed by atoms with Gasteiger partial charge >= 0.3 is 0 Å². The van der Waals surface area contributed by atoms with E-state index in [0.717, 1.165) is 16.5 Å². The Labute approximate surface area is 79.8 Å². The monoisotopic (exact) mass is 194 g/mol. The number of aromatic nitrogens is 3. The summed E-state index contributed by atoms with van der Waals surface area (Å²) < 4.78 is 0. The second kappa shape index (κ2) is 3.27. The van der Waals surface area contributed by atoms with Gasteiger partial charge in [-0.25, -0.2) is 4.98 Å². The van der Waals surface area contributed by atoms with Crippen LogP contribution in [-0.4, -0.2) is 15.2 Å². The van der Waals surface area contributed by atoms with Crippen LogP contribution >= 0.6 is 11.3 Å². The van der Waals surface area contributed by atoms with Crippen LogP contribution in [0.2, 0.25) is 0 Å². The Bertz CT molecular complexity index is 377. The molecule has 4 nitrogen and oxygen atoms in total. The highest BCUT2D eigenvalue weighted by Crippen LogP contribution is 2.21. The smallest absolute Gasteiger partial charge is 0.191 e. The quantitative estimate of drug-likeness (QED) is 0.762. The summed E-state index contributed by atoms with van der Waals surface area (Å²) in [7, 11) is 0. The first kappa shape index (κ1) is 8.40. The Morgan fingerprint density at radius 3 is 3.00 bits per heavy atom. The summed E-state index contributed by atoms with van der Waals surface area (Å²) >= 11 is 1.62. The minimum atomic E-state index is -0.0961. The number of aromatic amines is 1. The number of thiophene rings is 1. The highest BCUT2D eigenvalue weighted by Gasteiger charge is 2.08. The fraction of sp³-hybridized carbons (Fsp3) is 0.250. The third kappa shape index (κ3) is 1.61. The molecule has 0 saturated carbocycles. The van der Waals surface area contributed by atoms with Crippen LogP contribution in [-0.2, 0) is 0 Å². The van der Waals surface area contributed by atoms with E-state index in [1.165, 1.54) is 0 Å². The van der Waals surface area contributed by atoms with Crippen molar-refractivity contribution in [3.05, 3.63) is 23.3 Å². The predicted molar refractivity (Wildman–Crippen MR) is 52.3 cm³/mol. The van der Waals surface area contributed by atoms with Gasteiger partial charge in [0.15, 0.2) is 5.82 Å². The van der Waals surface area contributed by atoms with Crippen molar-refractivity contribution in [2.75, 3.05) is 0 Å². The van der Waals surface area contributed by atoms with Crippen LogP contribution in [0.25, 0.3) is 10.7 Å². The molecule has 2 aromatic heterocycles. The molecule has 0 amide bonds. The summed E-state index contributed by atoms with van der Waals surface area (Å²) in [4.78, 5) is 5.33. The molecule has 0 aromatic carbocycles. The Kier molecular flexibility index (Phi) is 2.12. The van der Waals surface area contributed by atoms with E-state index < -0.39 is 0 Å². The lowest BCUT2D eigenvalue weighted by Crippen LogP contribution is -2.06. The van der Waals surface area contributed by atoms with Gasteiger partial charge in [0.1, 0.15) is 5.82 Å². The molecule has 0 fully saturated rings. The lowest BCUT2D eigenvalue weighted by Gasteiger charge is -1.95. The maximum Gasteiger partial charge on any atom is 0.191 e. The number of nitrogens with zero attached hydrogens (tertiary/aromatic N) is 2. The average molecular weight is 194 g/mol. The Hall–Kier alpha value is -1.20. The lowest BCUT2D eigenvalue weighted by molar-refractivity contribution is 0.745. The number of nitrogens with two attached hydrogens (primary N) is 1. The summed E-state index contributed by atoms with van der Waals surface area (Å²) in [6, 6.07) is 3.86. The third-order valence-electron chi connectivity index (χ3n) is 1.68. The van der Waals surface area contributed by atoms with E-state index in [1.807, 2.05) is 24.4 Å². The van der Waals surface area contributed by atoms with Crippen molar-refractivity contribution in [3.63, 3.8) is 0 Å². The fourth-order valence-corrected chi connectivity index (χ4v) is 1.65. The molecular weight excluding hydrogens is 184 g/mol. The van der Waals surface area contributed by atoms with Crippen LogP contribution in [0.15, 0.2) is 17.5 Å². The maximum absolute atomic E-state index is 5.65. The van der Waals surface area contributed by atoms with Crippen LogP contribution in [0, 0.1) is 0 Å². The van der Waals surface area contributed by atoms with E-state index in [2.05, 4.69) is 15.2 Å². The molecule has 0 aliphatic carbocycles. The Balaban J connectivity index is 2.33. The molecule has 2 rings (SSSR count). The van der Waals surface area contributed by atoms with Crippen LogP contribution in [0.5, 0.6) is 0 Å². The second-order valence-electron chi connectivity index (χ2n) is 2.81. The molecule has 13 heavy (non-hydrogen) atoms. The summed E-state index contributed by atoms with van der Waals surface area (Å²) in [6.07, 6.45) is 0. The first-order valence-electron chi connectivity index (χ1n) is 3.99. The zero-order chi connectivity index (χ0) is 9.26. The summed E-state index contributed by atoms with van der Waals surface area (Å²) in [5.74, 6) is 1.45. The topological polar surface area (TPSA) is 67.6 Å². The van der Waals surface area contributed by atoms with Gasteiger partial charge in [-0.1, -0.05) is 6.07 Å². The predicted octanol–water partition coefficient (Wildman–Crippen LogP) is 1.55. The lowest BCUT2D eigenvalue weighted by atomic mass is 10.3. The van der Waals surface area contributed by atoms with Crippen molar-refractivity contribution in [2.45, 2.75) is 13.0 Å². The molecule has 2 aromatic rings. The van der Waals surface area contributed by atoms with Crippen molar-refractivity contribution in [1.82, 2.24) is 15.2 Å². The SMILES string of the molecule is C[C@@H](N)c1nc(-c2cccs2)n[nH]1. The van der Waals surface area contributed by atoms with Crippen LogP contribution < -0.4 is 5.73 Å². The van der Waals surface area contributed by atoms with Gasteiger partial charge in [-0.05, 0) is 18.4 Å².